The number of ether oxygens (including phenoxy) is 1. The molecule has 0 aliphatic heterocycles. The summed E-state index contributed by atoms with van der Waals surface area (Å²) in [6.07, 6.45) is 1.79. The number of sulfonamides is 1. The van der Waals surface area contributed by atoms with E-state index in [-0.39, 0.29) is 34.5 Å². The average Bonchev–Trinajstić information content (AvgIpc) is 3.06. The van der Waals surface area contributed by atoms with Gasteiger partial charge in [-0.25, -0.2) is 8.42 Å². The molecule has 0 spiro atoms. The Morgan fingerprint density at radius 1 is 0.896 bits per heavy atom. The molecule has 0 aliphatic carbocycles. The first-order chi connectivity index (χ1) is 22.9. The predicted molar refractivity (Wildman–Crippen MR) is 193 cm³/mol. The van der Waals surface area contributed by atoms with Gasteiger partial charge in [-0.3, -0.25) is 13.9 Å². The van der Waals surface area contributed by atoms with Crippen molar-refractivity contribution in [2.75, 3.05) is 24.5 Å². The fourth-order valence-corrected chi connectivity index (χ4v) is 7.20. The van der Waals surface area contributed by atoms with Gasteiger partial charge in [0.15, 0.2) is 0 Å². The Morgan fingerprint density at radius 2 is 1.60 bits per heavy atom. The Labute approximate surface area is 297 Å². The lowest BCUT2D eigenvalue weighted by Crippen LogP contribution is -2.53. The molecule has 0 saturated heterocycles. The number of amides is 2. The zero-order chi connectivity index (χ0) is 34.8. The zero-order valence-corrected chi connectivity index (χ0v) is 30.0. The van der Waals surface area contributed by atoms with Crippen molar-refractivity contribution < 1.29 is 22.7 Å². The van der Waals surface area contributed by atoms with Crippen molar-refractivity contribution in [2.24, 2.45) is 0 Å². The lowest BCUT2D eigenvalue weighted by Gasteiger charge is -2.34. The maximum Gasteiger partial charge on any atom is 0.264 e. The summed E-state index contributed by atoms with van der Waals surface area (Å²) in [5.74, 6) is -0.661. The van der Waals surface area contributed by atoms with Gasteiger partial charge in [0.2, 0.25) is 11.8 Å². The molecular formula is C36H38Cl3N3O5S. The van der Waals surface area contributed by atoms with E-state index in [0.717, 1.165) is 28.3 Å². The van der Waals surface area contributed by atoms with Crippen molar-refractivity contribution in [3.8, 4) is 5.75 Å². The van der Waals surface area contributed by atoms with Crippen molar-refractivity contribution in [3.63, 3.8) is 0 Å². The number of rotatable bonds is 15. The fourth-order valence-electron chi connectivity index (χ4n) is 5.07. The number of carbonyl (C=O) groups excluding carboxylic acids is 2. The topological polar surface area (TPSA) is 96.0 Å². The van der Waals surface area contributed by atoms with Gasteiger partial charge in [0.25, 0.3) is 10.0 Å². The molecule has 8 nitrogen and oxygen atoms in total. The number of nitrogens with one attached hydrogen (secondary N) is 1. The minimum absolute atomic E-state index is 0.0155. The quantitative estimate of drug-likeness (QED) is 0.127. The highest BCUT2D eigenvalue weighted by molar-refractivity contribution is 7.92. The first kappa shape index (κ1) is 37.1. The van der Waals surface area contributed by atoms with Crippen LogP contribution in [0.2, 0.25) is 15.1 Å². The number of methoxy groups -OCH3 is 1. The maximum atomic E-state index is 14.6. The monoisotopic (exact) mass is 729 g/mol. The van der Waals surface area contributed by atoms with Gasteiger partial charge < -0.3 is 15.0 Å². The summed E-state index contributed by atoms with van der Waals surface area (Å²) in [5.41, 5.74) is 2.37. The van der Waals surface area contributed by atoms with Crippen LogP contribution in [-0.2, 0) is 32.6 Å². The van der Waals surface area contributed by atoms with E-state index in [2.05, 4.69) is 5.32 Å². The van der Waals surface area contributed by atoms with E-state index >= 15 is 0 Å². The fraction of sp³-hybridized carbons (Fsp3) is 0.278. The summed E-state index contributed by atoms with van der Waals surface area (Å²) in [6, 6.07) is 24.0. The van der Waals surface area contributed by atoms with E-state index in [1.54, 1.807) is 30.3 Å². The number of aryl methyl sites for hydroxylation is 1. The number of hydrogen-bond acceptors (Lipinski definition) is 5. The molecule has 0 bridgehead atoms. The number of anilines is 1. The molecule has 1 atom stereocenters. The van der Waals surface area contributed by atoms with Crippen LogP contribution in [-0.4, -0.2) is 51.4 Å². The molecule has 4 aromatic carbocycles. The molecular weight excluding hydrogens is 693 g/mol. The van der Waals surface area contributed by atoms with Crippen LogP contribution in [0.1, 0.15) is 36.5 Å². The Hall–Kier alpha value is -3.76. The summed E-state index contributed by atoms with van der Waals surface area (Å²) >= 11 is 19.2. The van der Waals surface area contributed by atoms with E-state index in [9.17, 15) is 18.0 Å². The third-order valence-corrected chi connectivity index (χ3v) is 10.4. The summed E-state index contributed by atoms with van der Waals surface area (Å²) in [6.45, 7) is 3.55. The highest BCUT2D eigenvalue weighted by Crippen LogP contribution is 2.33. The highest BCUT2D eigenvalue weighted by Gasteiger charge is 2.35. The van der Waals surface area contributed by atoms with Crippen molar-refractivity contribution in [1.29, 1.82) is 0 Å². The van der Waals surface area contributed by atoms with E-state index in [1.807, 2.05) is 44.2 Å². The average molecular weight is 731 g/mol. The van der Waals surface area contributed by atoms with Crippen LogP contribution in [0.25, 0.3) is 0 Å². The number of nitrogens with zero attached hydrogens (tertiary/aromatic N) is 2. The largest absolute Gasteiger partial charge is 0.495 e. The molecule has 254 valence electrons. The van der Waals surface area contributed by atoms with Gasteiger partial charge in [0, 0.05) is 29.6 Å². The molecule has 0 heterocycles. The molecule has 0 aliphatic rings. The lowest BCUT2D eigenvalue weighted by molar-refractivity contribution is -0.140. The van der Waals surface area contributed by atoms with Gasteiger partial charge >= 0.3 is 0 Å². The van der Waals surface area contributed by atoms with Crippen LogP contribution in [0.4, 0.5) is 5.69 Å². The van der Waals surface area contributed by atoms with Gasteiger partial charge in [-0.05, 0) is 66.9 Å². The number of carbonyl (C=O) groups is 2. The number of unbranched alkanes of at least 4 members (excludes halogenated alkanes) is 1. The van der Waals surface area contributed by atoms with Crippen molar-refractivity contribution in [1.82, 2.24) is 10.2 Å². The van der Waals surface area contributed by atoms with Crippen LogP contribution < -0.4 is 14.4 Å². The van der Waals surface area contributed by atoms with Crippen molar-refractivity contribution in [3.05, 3.63) is 123 Å². The number of halogens is 3. The molecule has 0 unspecified atom stereocenters. The zero-order valence-electron chi connectivity index (χ0n) is 27.0. The molecule has 48 heavy (non-hydrogen) atoms. The Bertz CT molecular complexity index is 1820. The maximum absolute atomic E-state index is 14.6. The van der Waals surface area contributed by atoms with Crippen molar-refractivity contribution in [2.45, 2.75) is 50.6 Å². The Morgan fingerprint density at radius 3 is 2.23 bits per heavy atom. The molecule has 0 radical (unpaired) electrons. The van der Waals surface area contributed by atoms with E-state index in [1.165, 1.54) is 42.3 Å². The van der Waals surface area contributed by atoms with Crippen LogP contribution in [0.3, 0.4) is 0 Å². The molecule has 1 N–H and O–H groups in total. The number of benzene rings is 4. The Balaban J connectivity index is 1.83. The van der Waals surface area contributed by atoms with Crippen molar-refractivity contribution >= 4 is 62.3 Å². The third-order valence-electron chi connectivity index (χ3n) is 7.77. The summed E-state index contributed by atoms with van der Waals surface area (Å²) in [5, 5.41) is 3.84. The minimum atomic E-state index is -4.30. The van der Waals surface area contributed by atoms with E-state index < -0.39 is 28.5 Å². The van der Waals surface area contributed by atoms with Crippen LogP contribution in [0, 0.1) is 6.92 Å². The summed E-state index contributed by atoms with van der Waals surface area (Å²) in [7, 11) is -2.85. The standard InChI is InChI=1S/C36H38Cl3N3O5S/c1-4-5-19-40-36(44)33(20-26-9-7-6-8-10-26)41(23-27-13-14-28(37)21-31(27)38)35(43)24-42(29-15-18-34(47-3)32(39)22-29)48(45,46)30-16-11-25(2)12-17-30/h6-18,21-22,33H,4-5,19-20,23-24H2,1-3H3,(H,40,44)/t33-/m1/s1. The van der Waals surface area contributed by atoms with Crippen LogP contribution in [0.5, 0.6) is 5.75 Å². The lowest BCUT2D eigenvalue weighted by atomic mass is 10.0. The first-order valence-electron chi connectivity index (χ1n) is 15.4. The molecule has 2 amide bonds. The summed E-state index contributed by atoms with van der Waals surface area (Å²) < 4.78 is 34.8. The number of hydrogen-bond donors (Lipinski definition) is 1. The second kappa shape index (κ2) is 17.1. The van der Waals surface area contributed by atoms with Gasteiger partial charge in [0.1, 0.15) is 18.3 Å². The predicted octanol–water partition coefficient (Wildman–Crippen LogP) is 7.72. The normalized spacial score (nSPS) is 11.9. The smallest absolute Gasteiger partial charge is 0.264 e. The molecule has 0 fully saturated rings. The molecule has 0 saturated carbocycles. The Kier molecular flexibility index (Phi) is 13.2. The second-order valence-corrected chi connectivity index (χ2v) is 14.4. The third kappa shape index (κ3) is 9.44. The molecule has 12 heteroatoms. The first-order valence-corrected chi connectivity index (χ1v) is 18.0. The van der Waals surface area contributed by atoms with Gasteiger partial charge in [-0.2, -0.15) is 0 Å². The minimum Gasteiger partial charge on any atom is -0.495 e. The molecule has 0 aromatic heterocycles. The van der Waals surface area contributed by atoms with Gasteiger partial charge in [-0.15, -0.1) is 0 Å². The highest BCUT2D eigenvalue weighted by atomic mass is 35.5. The SMILES string of the molecule is CCCCNC(=O)[C@@H](Cc1ccccc1)N(Cc1ccc(Cl)cc1Cl)C(=O)CN(c1ccc(OC)c(Cl)c1)S(=O)(=O)c1ccc(C)cc1. The van der Waals surface area contributed by atoms with E-state index in [0.29, 0.717) is 27.9 Å². The molecule has 4 rings (SSSR count). The van der Waals surface area contributed by atoms with Gasteiger partial charge in [0.05, 0.1) is 22.7 Å². The molecule has 4 aromatic rings. The van der Waals surface area contributed by atoms with E-state index in [4.69, 9.17) is 39.5 Å². The van der Waals surface area contributed by atoms with Gasteiger partial charge in [-0.1, -0.05) is 102 Å². The summed E-state index contributed by atoms with van der Waals surface area (Å²) in [4.78, 5) is 29.9. The van der Waals surface area contributed by atoms with Crippen LogP contribution >= 0.6 is 34.8 Å². The second-order valence-electron chi connectivity index (χ2n) is 11.3. The van der Waals surface area contributed by atoms with Crippen LogP contribution in [0.15, 0.2) is 95.9 Å².